The Bertz CT molecular complexity index is 711. The first kappa shape index (κ1) is 13.9. The van der Waals surface area contributed by atoms with Crippen LogP contribution in [0.4, 0.5) is 0 Å². The molecule has 0 radical (unpaired) electrons. The highest BCUT2D eigenvalue weighted by molar-refractivity contribution is 9.10. The summed E-state index contributed by atoms with van der Waals surface area (Å²) >= 11 is 3.27. The van der Waals surface area contributed by atoms with Crippen molar-refractivity contribution >= 4 is 27.8 Å². The van der Waals surface area contributed by atoms with Gasteiger partial charge >= 0.3 is 5.97 Å². The molecule has 6 heteroatoms. The van der Waals surface area contributed by atoms with Crippen LogP contribution < -0.4 is 5.73 Å². The Hall–Kier alpha value is -1.69. The van der Waals surface area contributed by atoms with E-state index in [0.29, 0.717) is 10.2 Å². The van der Waals surface area contributed by atoms with Crippen LogP contribution in [0.15, 0.2) is 35.1 Å². The zero-order valence-electron chi connectivity index (χ0n) is 11.7. The highest BCUT2D eigenvalue weighted by atomic mass is 79.9. The van der Waals surface area contributed by atoms with Gasteiger partial charge in [-0.25, -0.2) is 4.98 Å². The number of hydrogen-bond acceptors (Lipinski definition) is 3. The molecule has 3 aliphatic rings. The third-order valence-electron chi connectivity index (χ3n) is 5.84. The SMILES string of the molecule is NC(=O)[C@@]1(c2ccc(Br)nc2)[C@H](C(=O)O)[C@H]2C=C[C@H]1C21CC1. The normalized spacial score (nSPS) is 36.7. The molecule has 0 aliphatic heterocycles. The number of carboxylic acids is 1. The quantitative estimate of drug-likeness (QED) is 0.633. The lowest BCUT2D eigenvalue weighted by molar-refractivity contribution is -0.148. The van der Waals surface area contributed by atoms with E-state index in [2.05, 4.69) is 20.9 Å². The standard InChI is InChI=1S/C16H15BrN2O3/c17-11-4-1-8(7-19-11)16(14(18)22)10-3-2-9(12(16)13(20)21)15(10)5-6-15/h1-4,7,9-10,12H,5-6H2,(H2,18,22)(H,20,21)/t9-,10+,12+,16-/m1/s1. The van der Waals surface area contributed by atoms with Gasteiger partial charge in [0.15, 0.2) is 0 Å². The van der Waals surface area contributed by atoms with Crippen LogP contribution >= 0.6 is 15.9 Å². The summed E-state index contributed by atoms with van der Waals surface area (Å²) in [6, 6.07) is 3.50. The molecule has 1 amide bonds. The van der Waals surface area contributed by atoms with Gasteiger partial charge in [-0.1, -0.05) is 18.2 Å². The van der Waals surface area contributed by atoms with E-state index < -0.39 is 23.2 Å². The minimum absolute atomic E-state index is 0.0921. The predicted molar refractivity (Wildman–Crippen MR) is 81.7 cm³/mol. The van der Waals surface area contributed by atoms with Crippen molar-refractivity contribution in [2.24, 2.45) is 28.9 Å². The molecule has 3 aliphatic carbocycles. The van der Waals surface area contributed by atoms with Gasteiger partial charge in [0.1, 0.15) is 4.60 Å². The number of carbonyl (C=O) groups excluding carboxylic acids is 1. The summed E-state index contributed by atoms with van der Waals surface area (Å²) in [5.74, 6) is -2.60. The van der Waals surface area contributed by atoms with Gasteiger partial charge < -0.3 is 10.8 Å². The summed E-state index contributed by atoms with van der Waals surface area (Å²) < 4.78 is 0.641. The molecule has 3 N–H and O–H groups in total. The van der Waals surface area contributed by atoms with Crippen molar-refractivity contribution in [3.63, 3.8) is 0 Å². The lowest BCUT2D eigenvalue weighted by Crippen LogP contribution is -2.52. The zero-order valence-corrected chi connectivity index (χ0v) is 13.3. The number of nitrogens with zero attached hydrogens (tertiary/aromatic N) is 1. The van der Waals surface area contributed by atoms with E-state index in [-0.39, 0.29) is 17.3 Å². The fourth-order valence-corrected chi connectivity index (χ4v) is 5.15. The second kappa shape index (κ2) is 4.19. The third-order valence-corrected chi connectivity index (χ3v) is 6.31. The van der Waals surface area contributed by atoms with E-state index in [1.807, 2.05) is 12.2 Å². The van der Waals surface area contributed by atoms with Gasteiger partial charge in [0.05, 0.1) is 11.3 Å². The number of hydrogen-bond donors (Lipinski definition) is 2. The minimum Gasteiger partial charge on any atom is -0.481 e. The van der Waals surface area contributed by atoms with Crippen LogP contribution in [0.25, 0.3) is 0 Å². The summed E-state index contributed by atoms with van der Waals surface area (Å²) in [6.45, 7) is 0. The molecule has 2 saturated carbocycles. The summed E-state index contributed by atoms with van der Waals surface area (Å²) in [7, 11) is 0. The molecule has 5 nitrogen and oxygen atoms in total. The number of aliphatic carboxylic acids is 1. The molecule has 0 saturated heterocycles. The molecule has 0 aromatic carbocycles. The number of nitrogens with two attached hydrogens (primary N) is 1. The molecule has 2 bridgehead atoms. The number of allylic oxidation sites excluding steroid dienone is 2. The first-order chi connectivity index (χ1) is 10.4. The smallest absolute Gasteiger partial charge is 0.308 e. The van der Waals surface area contributed by atoms with Gasteiger partial charge in [0, 0.05) is 12.1 Å². The van der Waals surface area contributed by atoms with Crippen LogP contribution in [-0.4, -0.2) is 22.0 Å². The van der Waals surface area contributed by atoms with Crippen molar-refractivity contribution in [1.82, 2.24) is 4.98 Å². The monoisotopic (exact) mass is 362 g/mol. The second-order valence-electron chi connectivity index (χ2n) is 6.54. The van der Waals surface area contributed by atoms with Crippen LogP contribution in [0.1, 0.15) is 18.4 Å². The molecule has 1 heterocycles. The number of halogens is 1. The van der Waals surface area contributed by atoms with E-state index in [4.69, 9.17) is 5.73 Å². The van der Waals surface area contributed by atoms with Crippen LogP contribution in [0.2, 0.25) is 0 Å². The van der Waals surface area contributed by atoms with Gasteiger partial charge in [0.25, 0.3) is 0 Å². The van der Waals surface area contributed by atoms with Crippen molar-refractivity contribution in [2.75, 3.05) is 0 Å². The van der Waals surface area contributed by atoms with Crippen LogP contribution in [0, 0.1) is 23.2 Å². The van der Waals surface area contributed by atoms with Crippen molar-refractivity contribution in [1.29, 1.82) is 0 Å². The maximum absolute atomic E-state index is 12.5. The average molecular weight is 363 g/mol. The van der Waals surface area contributed by atoms with Crippen molar-refractivity contribution < 1.29 is 14.7 Å². The van der Waals surface area contributed by atoms with Gasteiger partial charge in [-0.3, -0.25) is 9.59 Å². The van der Waals surface area contributed by atoms with E-state index in [1.54, 1.807) is 18.3 Å². The molecule has 4 atom stereocenters. The lowest BCUT2D eigenvalue weighted by Gasteiger charge is -2.37. The number of primary amides is 1. The Kier molecular flexibility index (Phi) is 2.65. The summed E-state index contributed by atoms with van der Waals surface area (Å²) in [5.41, 5.74) is 5.11. The molecule has 1 aromatic heterocycles. The molecule has 4 rings (SSSR count). The Morgan fingerprint density at radius 2 is 2.05 bits per heavy atom. The molecule has 114 valence electrons. The van der Waals surface area contributed by atoms with Crippen LogP contribution in [0.5, 0.6) is 0 Å². The number of amides is 1. The largest absolute Gasteiger partial charge is 0.481 e. The lowest BCUT2D eigenvalue weighted by atomic mass is 9.63. The molecular weight excluding hydrogens is 348 g/mol. The average Bonchev–Trinajstić information content (AvgIpc) is 3.13. The van der Waals surface area contributed by atoms with Crippen molar-refractivity contribution in [3.8, 4) is 0 Å². The molecule has 0 unspecified atom stereocenters. The number of carboxylic acid groups (broad SMARTS) is 1. The van der Waals surface area contributed by atoms with Gasteiger partial charge in [0.2, 0.25) is 5.91 Å². The second-order valence-corrected chi connectivity index (χ2v) is 7.35. The van der Waals surface area contributed by atoms with Gasteiger partial charge in [-0.05, 0) is 51.7 Å². The summed E-state index contributed by atoms with van der Waals surface area (Å²) in [5, 5.41) is 9.82. The van der Waals surface area contributed by atoms with Crippen molar-refractivity contribution in [2.45, 2.75) is 18.3 Å². The zero-order chi connectivity index (χ0) is 15.7. The minimum atomic E-state index is -1.20. The molecule has 1 spiro atoms. The highest BCUT2D eigenvalue weighted by Gasteiger charge is 2.77. The maximum atomic E-state index is 12.5. The van der Waals surface area contributed by atoms with E-state index in [1.165, 1.54) is 0 Å². The maximum Gasteiger partial charge on any atom is 0.308 e. The van der Waals surface area contributed by atoms with Crippen LogP contribution in [-0.2, 0) is 15.0 Å². The highest BCUT2D eigenvalue weighted by Crippen LogP contribution is 2.75. The number of pyridine rings is 1. The molecule has 2 fully saturated rings. The topological polar surface area (TPSA) is 93.3 Å². The Morgan fingerprint density at radius 3 is 2.55 bits per heavy atom. The molecule has 1 aromatic rings. The van der Waals surface area contributed by atoms with E-state index in [0.717, 1.165) is 12.8 Å². The first-order valence-electron chi connectivity index (χ1n) is 7.27. The number of aromatic nitrogens is 1. The Morgan fingerprint density at radius 1 is 1.32 bits per heavy atom. The third kappa shape index (κ3) is 1.41. The number of rotatable bonds is 3. The van der Waals surface area contributed by atoms with Gasteiger partial charge in [-0.15, -0.1) is 0 Å². The Balaban J connectivity index is 1.98. The van der Waals surface area contributed by atoms with Crippen molar-refractivity contribution in [3.05, 3.63) is 40.6 Å². The van der Waals surface area contributed by atoms with E-state index >= 15 is 0 Å². The molecular formula is C16H15BrN2O3. The predicted octanol–water partition coefficient (Wildman–Crippen LogP) is 1.86. The molecule has 22 heavy (non-hydrogen) atoms. The van der Waals surface area contributed by atoms with E-state index in [9.17, 15) is 14.7 Å². The van der Waals surface area contributed by atoms with Gasteiger partial charge in [-0.2, -0.15) is 0 Å². The fraction of sp³-hybridized carbons (Fsp3) is 0.438. The first-order valence-corrected chi connectivity index (χ1v) is 8.07. The number of carbonyl (C=O) groups is 2. The summed E-state index contributed by atoms with van der Waals surface area (Å²) in [4.78, 5) is 28.7. The Labute approximate surface area is 135 Å². The summed E-state index contributed by atoms with van der Waals surface area (Å²) in [6.07, 6.45) is 7.47. The van der Waals surface area contributed by atoms with Crippen LogP contribution in [0.3, 0.4) is 0 Å². The fourth-order valence-electron chi connectivity index (χ4n) is 4.91.